The van der Waals surface area contributed by atoms with Gasteiger partial charge in [-0.3, -0.25) is 0 Å². The molecule has 0 saturated heterocycles. The molecule has 0 N–H and O–H groups in total. The summed E-state index contributed by atoms with van der Waals surface area (Å²) >= 11 is 0. The highest BCUT2D eigenvalue weighted by Crippen LogP contribution is 2.45. The largest absolute Gasteiger partial charge is 0.463 e. The molecule has 0 bridgehead atoms. The van der Waals surface area contributed by atoms with Crippen LogP contribution in [0.4, 0.5) is 0 Å². The zero-order valence-corrected chi connectivity index (χ0v) is 11.6. The molecular formula is C15H24O2. The fourth-order valence-electron chi connectivity index (χ4n) is 2.45. The first-order valence-corrected chi connectivity index (χ1v) is 6.41. The Hall–Kier alpha value is -1.05. The molecule has 1 aliphatic carbocycles. The van der Waals surface area contributed by atoms with Crippen LogP contribution < -0.4 is 0 Å². The van der Waals surface area contributed by atoms with E-state index in [1.165, 1.54) is 5.57 Å². The fraction of sp³-hybridized carbons (Fsp3) is 0.667. The lowest BCUT2D eigenvalue weighted by molar-refractivity contribution is -0.137. The van der Waals surface area contributed by atoms with Crippen LogP contribution >= 0.6 is 0 Å². The summed E-state index contributed by atoms with van der Waals surface area (Å²) in [6, 6.07) is 0. The number of esters is 1. The van der Waals surface area contributed by atoms with Gasteiger partial charge in [-0.15, -0.1) is 0 Å². The highest BCUT2D eigenvalue weighted by Gasteiger charge is 2.36. The lowest BCUT2D eigenvalue weighted by Crippen LogP contribution is -2.33. The third kappa shape index (κ3) is 3.21. The highest BCUT2D eigenvalue weighted by molar-refractivity contribution is 5.82. The van der Waals surface area contributed by atoms with Crippen molar-refractivity contribution >= 4 is 5.97 Å². The minimum Gasteiger partial charge on any atom is -0.463 e. The number of hydrogen-bond donors (Lipinski definition) is 0. The van der Waals surface area contributed by atoms with Crippen molar-refractivity contribution in [2.75, 3.05) is 6.61 Å². The topological polar surface area (TPSA) is 26.3 Å². The summed E-state index contributed by atoms with van der Waals surface area (Å²) in [5.41, 5.74) is 1.55. The minimum atomic E-state index is -0.241. The first kappa shape index (κ1) is 14.0. The van der Waals surface area contributed by atoms with Crippen LogP contribution in [0.25, 0.3) is 0 Å². The van der Waals surface area contributed by atoms with Gasteiger partial charge in [0, 0.05) is 12.0 Å². The number of rotatable bonds is 3. The summed E-state index contributed by atoms with van der Waals surface area (Å²) in [5, 5.41) is 0. The molecule has 0 heterocycles. The molecule has 0 aromatic rings. The zero-order valence-electron chi connectivity index (χ0n) is 11.6. The van der Waals surface area contributed by atoms with Gasteiger partial charge >= 0.3 is 5.97 Å². The normalized spacial score (nSPS) is 27.9. The SMILES string of the molecule is CCOC(=O)/C=C/C1C(C)=CCC(C)C1(C)C. The summed E-state index contributed by atoms with van der Waals surface area (Å²) in [7, 11) is 0. The molecule has 0 radical (unpaired) electrons. The van der Waals surface area contributed by atoms with Crippen molar-refractivity contribution in [3.63, 3.8) is 0 Å². The molecule has 2 atom stereocenters. The van der Waals surface area contributed by atoms with E-state index in [2.05, 4.69) is 33.8 Å². The Morgan fingerprint density at radius 1 is 1.59 bits per heavy atom. The summed E-state index contributed by atoms with van der Waals surface area (Å²) in [4.78, 5) is 11.4. The number of ether oxygens (including phenoxy) is 1. The van der Waals surface area contributed by atoms with Gasteiger partial charge in [0.05, 0.1) is 6.61 Å². The van der Waals surface area contributed by atoms with Crippen LogP contribution in [0, 0.1) is 17.3 Å². The maximum atomic E-state index is 11.4. The molecule has 0 aromatic heterocycles. The number of carbonyl (C=O) groups is 1. The van der Waals surface area contributed by atoms with Crippen LogP contribution in [0.15, 0.2) is 23.8 Å². The van der Waals surface area contributed by atoms with Crippen LogP contribution in [0.5, 0.6) is 0 Å². The summed E-state index contributed by atoms with van der Waals surface area (Å²) in [5.74, 6) is 0.716. The Bertz CT molecular complexity index is 337. The van der Waals surface area contributed by atoms with E-state index in [0.717, 1.165) is 6.42 Å². The maximum Gasteiger partial charge on any atom is 0.330 e. The van der Waals surface area contributed by atoms with Crippen molar-refractivity contribution in [1.82, 2.24) is 0 Å². The van der Waals surface area contributed by atoms with Crippen molar-refractivity contribution in [3.05, 3.63) is 23.8 Å². The smallest absolute Gasteiger partial charge is 0.330 e. The van der Waals surface area contributed by atoms with Gasteiger partial charge in [0.25, 0.3) is 0 Å². The van der Waals surface area contributed by atoms with E-state index in [4.69, 9.17) is 4.74 Å². The third-order valence-electron chi connectivity index (χ3n) is 4.07. The van der Waals surface area contributed by atoms with Crippen LogP contribution in [0.1, 0.15) is 41.0 Å². The van der Waals surface area contributed by atoms with Crippen LogP contribution in [0.3, 0.4) is 0 Å². The molecule has 0 spiro atoms. The average molecular weight is 236 g/mol. The average Bonchev–Trinajstić information content (AvgIpc) is 2.24. The molecule has 0 saturated carbocycles. The predicted octanol–water partition coefficient (Wildman–Crippen LogP) is 3.73. The van der Waals surface area contributed by atoms with Crippen LogP contribution in [-0.4, -0.2) is 12.6 Å². The second-order valence-corrected chi connectivity index (χ2v) is 5.50. The molecule has 0 aromatic carbocycles. The van der Waals surface area contributed by atoms with Crippen molar-refractivity contribution in [3.8, 4) is 0 Å². The molecule has 1 rings (SSSR count). The predicted molar refractivity (Wildman–Crippen MR) is 70.6 cm³/mol. The van der Waals surface area contributed by atoms with Crippen LogP contribution in [-0.2, 0) is 9.53 Å². The molecule has 0 amide bonds. The molecule has 2 unspecified atom stereocenters. The molecule has 0 fully saturated rings. The quantitative estimate of drug-likeness (QED) is 0.424. The highest BCUT2D eigenvalue weighted by atomic mass is 16.5. The second kappa shape index (κ2) is 5.52. The van der Waals surface area contributed by atoms with Gasteiger partial charge in [0.1, 0.15) is 0 Å². The van der Waals surface area contributed by atoms with Gasteiger partial charge in [-0.25, -0.2) is 4.79 Å². The summed E-state index contributed by atoms with van der Waals surface area (Å²) in [6.45, 7) is 11.2. The molecule has 17 heavy (non-hydrogen) atoms. The molecule has 1 aliphatic rings. The van der Waals surface area contributed by atoms with E-state index in [9.17, 15) is 4.79 Å². The van der Waals surface area contributed by atoms with Crippen molar-refractivity contribution in [2.45, 2.75) is 41.0 Å². The first-order valence-electron chi connectivity index (χ1n) is 6.41. The number of hydrogen-bond acceptors (Lipinski definition) is 2. The number of allylic oxidation sites excluding steroid dienone is 3. The van der Waals surface area contributed by atoms with E-state index in [0.29, 0.717) is 18.4 Å². The zero-order chi connectivity index (χ0) is 13.1. The van der Waals surface area contributed by atoms with Gasteiger partial charge in [0.2, 0.25) is 0 Å². The van der Waals surface area contributed by atoms with E-state index >= 15 is 0 Å². The Kier molecular flexibility index (Phi) is 4.55. The Labute approximate surface area is 105 Å². The maximum absolute atomic E-state index is 11.4. The Morgan fingerprint density at radius 2 is 2.24 bits per heavy atom. The standard InChI is InChI=1S/C15H24O2/c1-6-17-14(16)10-9-13-11(2)7-8-12(3)15(13,4)5/h7,9-10,12-13H,6,8H2,1-5H3/b10-9+. The van der Waals surface area contributed by atoms with Gasteiger partial charge in [-0.1, -0.05) is 38.5 Å². The summed E-state index contributed by atoms with van der Waals surface area (Å²) in [6.07, 6.45) is 6.99. The Morgan fingerprint density at radius 3 is 2.82 bits per heavy atom. The number of carbonyl (C=O) groups excluding carboxylic acids is 1. The van der Waals surface area contributed by atoms with Gasteiger partial charge in [0.15, 0.2) is 0 Å². The lowest BCUT2D eigenvalue weighted by Gasteiger charge is -2.42. The fourth-order valence-corrected chi connectivity index (χ4v) is 2.45. The van der Waals surface area contributed by atoms with Gasteiger partial charge in [-0.2, -0.15) is 0 Å². The van der Waals surface area contributed by atoms with Crippen molar-refractivity contribution < 1.29 is 9.53 Å². The molecule has 0 aliphatic heterocycles. The van der Waals surface area contributed by atoms with E-state index in [-0.39, 0.29) is 11.4 Å². The molecule has 96 valence electrons. The molecule has 2 heteroatoms. The third-order valence-corrected chi connectivity index (χ3v) is 4.07. The molecule has 2 nitrogen and oxygen atoms in total. The van der Waals surface area contributed by atoms with Crippen molar-refractivity contribution in [2.24, 2.45) is 17.3 Å². The van der Waals surface area contributed by atoms with Crippen LogP contribution in [0.2, 0.25) is 0 Å². The van der Waals surface area contributed by atoms with E-state index < -0.39 is 0 Å². The molecular weight excluding hydrogens is 212 g/mol. The Balaban J connectivity index is 2.83. The van der Waals surface area contributed by atoms with Gasteiger partial charge in [-0.05, 0) is 31.6 Å². The summed E-state index contributed by atoms with van der Waals surface area (Å²) < 4.78 is 4.92. The van der Waals surface area contributed by atoms with E-state index in [1.54, 1.807) is 6.08 Å². The second-order valence-electron chi connectivity index (χ2n) is 5.50. The van der Waals surface area contributed by atoms with Crippen molar-refractivity contribution in [1.29, 1.82) is 0 Å². The monoisotopic (exact) mass is 236 g/mol. The lowest BCUT2D eigenvalue weighted by atomic mass is 9.63. The minimum absolute atomic E-state index is 0.196. The van der Waals surface area contributed by atoms with E-state index in [1.807, 2.05) is 13.0 Å². The van der Waals surface area contributed by atoms with Gasteiger partial charge < -0.3 is 4.74 Å². The first-order chi connectivity index (χ1) is 7.89.